The quantitative estimate of drug-likeness (QED) is 0.894. The summed E-state index contributed by atoms with van der Waals surface area (Å²) in [5.74, 6) is 0.412. The minimum atomic E-state index is -0.120. The van der Waals surface area contributed by atoms with Gasteiger partial charge < -0.3 is 5.32 Å². The highest BCUT2D eigenvalue weighted by molar-refractivity contribution is 5.75. The van der Waals surface area contributed by atoms with Crippen molar-refractivity contribution in [3.63, 3.8) is 0 Å². The van der Waals surface area contributed by atoms with E-state index in [1.54, 1.807) is 0 Å². The van der Waals surface area contributed by atoms with Gasteiger partial charge in [-0.2, -0.15) is 4.80 Å². The van der Waals surface area contributed by atoms with Crippen molar-refractivity contribution in [1.29, 1.82) is 0 Å². The zero-order chi connectivity index (χ0) is 14.5. The van der Waals surface area contributed by atoms with Gasteiger partial charge in [0.05, 0.1) is 0 Å². The molecular weight excluding hydrogens is 254 g/mol. The Labute approximate surface area is 118 Å². The number of tetrazole rings is 1. The molecule has 2 rings (SSSR count). The lowest BCUT2D eigenvalue weighted by Crippen LogP contribution is -2.33. The number of nitrogens with zero attached hydrogens (tertiary/aromatic N) is 4. The summed E-state index contributed by atoms with van der Waals surface area (Å²) in [5, 5.41) is 14.9. The van der Waals surface area contributed by atoms with Crippen LogP contribution >= 0.6 is 0 Å². The Hall–Kier alpha value is -2.24. The van der Waals surface area contributed by atoms with Crippen LogP contribution in [0.4, 0.5) is 0 Å². The second-order valence-corrected chi connectivity index (χ2v) is 4.92. The fourth-order valence-corrected chi connectivity index (χ4v) is 1.81. The van der Waals surface area contributed by atoms with E-state index in [0.717, 1.165) is 12.0 Å². The Balaban J connectivity index is 2.06. The Bertz CT molecular complexity index is 574. The summed E-state index contributed by atoms with van der Waals surface area (Å²) >= 11 is 0. The van der Waals surface area contributed by atoms with Gasteiger partial charge in [0.25, 0.3) is 0 Å². The first kappa shape index (κ1) is 14.2. The van der Waals surface area contributed by atoms with Crippen LogP contribution in [0.15, 0.2) is 24.3 Å². The smallest absolute Gasteiger partial charge is 0.243 e. The molecule has 0 saturated carbocycles. The van der Waals surface area contributed by atoms with Crippen LogP contribution in [0.1, 0.15) is 26.3 Å². The molecule has 1 aromatic carbocycles. The average molecular weight is 273 g/mol. The van der Waals surface area contributed by atoms with E-state index >= 15 is 0 Å². The molecule has 1 amide bonds. The number of carbonyl (C=O) groups is 1. The number of aromatic nitrogens is 4. The summed E-state index contributed by atoms with van der Waals surface area (Å²) in [6.45, 7) is 6.01. The zero-order valence-electron chi connectivity index (χ0n) is 12.0. The number of amides is 1. The number of carbonyl (C=O) groups excluding carboxylic acids is 1. The maximum absolute atomic E-state index is 11.6. The van der Waals surface area contributed by atoms with Crippen molar-refractivity contribution in [1.82, 2.24) is 25.5 Å². The molecule has 0 aliphatic heterocycles. The highest BCUT2D eigenvalue weighted by Gasteiger charge is 2.09. The summed E-state index contributed by atoms with van der Waals surface area (Å²) in [5.41, 5.74) is 2.16. The van der Waals surface area contributed by atoms with Gasteiger partial charge >= 0.3 is 0 Å². The van der Waals surface area contributed by atoms with Crippen LogP contribution in [0.2, 0.25) is 0 Å². The summed E-state index contributed by atoms with van der Waals surface area (Å²) < 4.78 is 0. The Morgan fingerprint density at radius 3 is 2.60 bits per heavy atom. The van der Waals surface area contributed by atoms with Crippen molar-refractivity contribution in [3.8, 4) is 11.4 Å². The topological polar surface area (TPSA) is 72.7 Å². The van der Waals surface area contributed by atoms with Gasteiger partial charge in [0.1, 0.15) is 6.54 Å². The molecule has 0 atom stereocenters. The van der Waals surface area contributed by atoms with Gasteiger partial charge in [0.2, 0.25) is 11.7 Å². The van der Waals surface area contributed by atoms with Crippen molar-refractivity contribution < 1.29 is 4.79 Å². The van der Waals surface area contributed by atoms with Crippen LogP contribution < -0.4 is 5.32 Å². The highest BCUT2D eigenvalue weighted by atomic mass is 16.2. The van der Waals surface area contributed by atoms with Gasteiger partial charge in [-0.15, -0.1) is 10.2 Å². The van der Waals surface area contributed by atoms with E-state index in [2.05, 4.69) is 27.7 Å². The minimum Gasteiger partial charge on any atom is -0.352 e. The Morgan fingerprint density at radius 1 is 1.30 bits per heavy atom. The van der Waals surface area contributed by atoms with E-state index in [1.807, 2.05) is 38.1 Å². The van der Waals surface area contributed by atoms with Crippen molar-refractivity contribution in [2.24, 2.45) is 0 Å². The molecule has 1 N–H and O–H groups in total. The molecule has 0 aliphatic rings. The normalized spacial score (nSPS) is 10.8. The Morgan fingerprint density at radius 2 is 2.00 bits per heavy atom. The number of hydrogen-bond donors (Lipinski definition) is 1. The third-order valence-corrected chi connectivity index (χ3v) is 2.81. The molecule has 1 heterocycles. The largest absolute Gasteiger partial charge is 0.352 e. The second kappa shape index (κ2) is 6.27. The molecule has 6 heteroatoms. The highest BCUT2D eigenvalue weighted by Crippen LogP contribution is 2.14. The fourth-order valence-electron chi connectivity index (χ4n) is 1.81. The molecule has 0 aliphatic carbocycles. The standard InChI is InChI=1S/C14H19N5O/c1-4-11-5-7-12(8-6-11)14-16-18-19(17-14)9-13(20)15-10(2)3/h5-8,10H,4,9H2,1-3H3,(H,15,20). The van der Waals surface area contributed by atoms with Crippen LogP contribution in [0, 0.1) is 0 Å². The van der Waals surface area contributed by atoms with Crippen LogP contribution in [-0.2, 0) is 17.8 Å². The van der Waals surface area contributed by atoms with Gasteiger partial charge in [0, 0.05) is 11.6 Å². The van der Waals surface area contributed by atoms with Crippen LogP contribution in [0.25, 0.3) is 11.4 Å². The molecule has 0 bridgehead atoms. The lowest BCUT2D eigenvalue weighted by atomic mass is 10.1. The lowest BCUT2D eigenvalue weighted by Gasteiger charge is -2.06. The molecule has 0 fully saturated rings. The second-order valence-electron chi connectivity index (χ2n) is 4.92. The summed E-state index contributed by atoms with van der Waals surface area (Å²) in [6.07, 6.45) is 0.996. The molecule has 0 unspecified atom stereocenters. The van der Waals surface area contributed by atoms with E-state index < -0.39 is 0 Å². The van der Waals surface area contributed by atoms with E-state index in [4.69, 9.17) is 0 Å². The predicted octanol–water partition coefficient (Wildman–Crippen LogP) is 1.43. The lowest BCUT2D eigenvalue weighted by molar-refractivity contribution is -0.122. The van der Waals surface area contributed by atoms with Crippen LogP contribution in [0.5, 0.6) is 0 Å². The maximum atomic E-state index is 11.6. The molecule has 2 aromatic rings. The molecule has 0 radical (unpaired) electrons. The number of hydrogen-bond acceptors (Lipinski definition) is 4. The van der Waals surface area contributed by atoms with Gasteiger partial charge in [-0.25, -0.2) is 0 Å². The summed E-state index contributed by atoms with van der Waals surface area (Å²) in [6, 6.07) is 8.12. The van der Waals surface area contributed by atoms with Crippen molar-refractivity contribution in [2.75, 3.05) is 0 Å². The van der Waals surface area contributed by atoms with E-state index in [-0.39, 0.29) is 18.5 Å². The molecule has 6 nitrogen and oxygen atoms in total. The SMILES string of the molecule is CCc1ccc(-c2nnn(CC(=O)NC(C)C)n2)cc1. The average Bonchev–Trinajstić information content (AvgIpc) is 2.86. The molecule has 20 heavy (non-hydrogen) atoms. The number of rotatable bonds is 5. The fraction of sp³-hybridized carbons (Fsp3) is 0.429. The molecule has 0 spiro atoms. The number of nitrogens with one attached hydrogen (secondary N) is 1. The van der Waals surface area contributed by atoms with Crippen LogP contribution in [-0.4, -0.2) is 32.2 Å². The van der Waals surface area contributed by atoms with Gasteiger partial charge in [-0.3, -0.25) is 4.79 Å². The van der Waals surface area contributed by atoms with Crippen molar-refractivity contribution in [2.45, 2.75) is 39.8 Å². The summed E-state index contributed by atoms with van der Waals surface area (Å²) in [4.78, 5) is 12.9. The maximum Gasteiger partial charge on any atom is 0.243 e. The van der Waals surface area contributed by atoms with Gasteiger partial charge in [0.15, 0.2) is 0 Å². The molecule has 106 valence electrons. The van der Waals surface area contributed by atoms with Crippen molar-refractivity contribution in [3.05, 3.63) is 29.8 Å². The first-order valence-electron chi connectivity index (χ1n) is 6.75. The molecule has 1 aromatic heterocycles. The van der Waals surface area contributed by atoms with Crippen molar-refractivity contribution >= 4 is 5.91 Å². The van der Waals surface area contributed by atoms with Gasteiger partial charge in [-0.05, 0) is 31.0 Å². The minimum absolute atomic E-state index is 0.0816. The monoisotopic (exact) mass is 273 g/mol. The first-order chi connectivity index (χ1) is 9.58. The third kappa shape index (κ3) is 3.63. The molecule has 0 saturated heterocycles. The van der Waals surface area contributed by atoms with E-state index in [0.29, 0.717) is 5.82 Å². The summed E-state index contributed by atoms with van der Waals surface area (Å²) in [7, 11) is 0. The number of aryl methyl sites for hydroxylation is 1. The van der Waals surface area contributed by atoms with Gasteiger partial charge in [-0.1, -0.05) is 31.2 Å². The zero-order valence-corrected chi connectivity index (χ0v) is 12.0. The molecular formula is C14H19N5O. The van der Waals surface area contributed by atoms with Crippen LogP contribution in [0.3, 0.4) is 0 Å². The first-order valence-corrected chi connectivity index (χ1v) is 6.75. The Kier molecular flexibility index (Phi) is 4.45. The van der Waals surface area contributed by atoms with E-state index in [1.165, 1.54) is 10.4 Å². The number of benzene rings is 1. The predicted molar refractivity (Wildman–Crippen MR) is 75.9 cm³/mol. The van der Waals surface area contributed by atoms with E-state index in [9.17, 15) is 4.79 Å². The third-order valence-electron chi connectivity index (χ3n) is 2.81.